The predicted octanol–water partition coefficient (Wildman–Crippen LogP) is 5.42. The average molecular weight is 503 g/mol. The summed E-state index contributed by atoms with van der Waals surface area (Å²) in [4.78, 5) is 39.1. The van der Waals surface area contributed by atoms with E-state index < -0.39 is 41.1 Å². The van der Waals surface area contributed by atoms with E-state index in [-0.39, 0.29) is 12.5 Å². The Morgan fingerprint density at radius 2 is 1.53 bits per heavy atom. The van der Waals surface area contributed by atoms with Crippen LogP contribution in [0.3, 0.4) is 0 Å². The molecule has 0 aromatic heterocycles. The molecule has 1 N–H and O–H groups in total. The quantitative estimate of drug-likeness (QED) is 0.387. The fraction of sp³-hybridized carbons (Fsp3) is 0.630. The van der Waals surface area contributed by atoms with Crippen molar-refractivity contribution in [2.24, 2.45) is 5.92 Å². The number of alkyl carbamates (subject to hydrolysis) is 1. The predicted molar refractivity (Wildman–Crippen MR) is 132 cm³/mol. The van der Waals surface area contributed by atoms with Crippen LogP contribution in [0.25, 0.3) is 0 Å². The number of carbonyl (C=O) groups excluding carboxylic acids is 3. The first kappa shape index (κ1) is 29.0. The van der Waals surface area contributed by atoms with Gasteiger partial charge in [-0.25, -0.2) is 14.4 Å². The molecule has 2 rings (SSSR count). The van der Waals surface area contributed by atoms with E-state index in [0.29, 0.717) is 18.4 Å². The van der Waals surface area contributed by atoms with Gasteiger partial charge in [0.25, 0.3) is 0 Å². The smallest absolute Gasteiger partial charge is 0.456 e. The Hall–Kier alpha value is -3.28. The summed E-state index contributed by atoms with van der Waals surface area (Å²) >= 11 is 0. The molecule has 1 aliphatic rings. The summed E-state index contributed by atoms with van der Waals surface area (Å²) in [5, 5.41) is 13.0. The van der Waals surface area contributed by atoms with Crippen LogP contribution in [0.1, 0.15) is 79.2 Å². The third-order valence-electron chi connectivity index (χ3n) is 5.54. The number of benzene rings is 1. The zero-order valence-corrected chi connectivity index (χ0v) is 22.1. The van der Waals surface area contributed by atoms with Crippen LogP contribution in [0.4, 0.5) is 9.59 Å². The van der Waals surface area contributed by atoms with Gasteiger partial charge in [0.05, 0.1) is 6.04 Å². The number of nitrogens with one attached hydrogen (secondary N) is 1. The molecule has 9 nitrogen and oxygen atoms in total. The third-order valence-corrected chi connectivity index (χ3v) is 5.54. The van der Waals surface area contributed by atoms with Gasteiger partial charge in [0, 0.05) is 0 Å². The lowest BCUT2D eigenvalue weighted by atomic mass is 9.76. The molecule has 0 unspecified atom stereocenters. The summed E-state index contributed by atoms with van der Waals surface area (Å²) in [6.45, 7) is 9.89. The molecule has 0 bridgehead atoms. The van der Waals surface area contributed by atoms with Crippen LogP contribution in [-0.4, -0.2) is 41.1 Å². The van der Waals surface area contributed by atoms with Crippen LogP contribution in [0, 0.1) is 17.2 Å². The van der Waals surface area contributed by atoms with E-state index in [2.05, 4.69) is 5.32 Å². The maximum Gasteiger partial charge on any atom is 0.510 e. The molecule has 0 aliphatic heterocycles. The number of amides is 1. The van der Waals surface area contributed by atoms with E-state index in [1.54, 1.807) is 65.8 Å². The molecule has 1 aliphatic carbocycles. The molecule has 9 heteroatoms. The van der Waals surface area contributed by atoms with Crippen LogP contribution in [-0.2, 0) is 30.3 Å². The first-order valence-electron chi connectivity index (χ1n) is 12.3. The van der Waals surface area contributed by atoms with E-state index in [1.165, 1.54) is 0 Å². The minimum Gasteiger partial charge on any atom is -0.456 e. The first-order valence-corrected chi connectivity index (χ1v) is 12.3. The van der Waals surface area contributed by atoms with Crippen molar-refractivity contribution in [2.75, 3.05) is 0 Å². The van der Waals surface area contributed by atoms with Crippen LogP contribution in [0.2, 0.25) is 0 Å². The molecule has 1 aromatic carbocycles. The topological polar surface area (TPSA) is 124 Å². The number of esters is 1. The molecule has 1 amide bonds. The summed E-state index contributed by atoms with van der Waals surface area (Å²) in [6, 6.07) is 9.56. The minimum absolute atomic E-state index is 0.122. The van der Waals surface area contributed by atoms with Gasteiger partial charge in [0.15, 0.2) is 0 Å². The molecular formula is C27H38N2O7. The molecule has 0 saturated heterocycles. The highest BCUT2D eigenvalue weighted by Gasteiger charge is 2.57. The lowest BCUT2D eigenvalue weighted by Gasteiger charge is -2.39. The monoisotopic (exact) mass is 502 g/mol. The number of rotatable bonds is 7. The molecule has 198 valence electrons. The van der Waals surface area contributed by atoms with Crippen molar-refractivity contribution in [3.63, 3.8) is 0 Å². The maximum absolute atomic E-state index is 13.5. The van der Waals surface area contributed by atoms with Crippen LogP contribution in [0.5, 0.6) is 0 Å². The van der Waals surface area contributed by atoms with E-state index in [1.807, 2.05) is 12.1 Å². The Morgan fingerprint density at radius 3 is 2.06 bits per heavy atom. The van der Waals surface area contributed by atoms with Gasteiger partial charge in [0.1, 0.15) is 23.9 Å². The molecule has 0 radical (unpaired) electrons. The van der Waals surface area contributed by atoms with Crippen molar-refractivity contribution in [2.45, 2.75) is 103 Å². The molecule has 36 heavy (non-hydrogen) atoms. The second-order valence-electron chi connectivity index (χ2n) is 11.0. The summed E-state index contributed by atoms with van der Waals surface area (Å²) < 4.78 is 21.7. The zero-order chi connectivity index (χ0) is 27.0. The highest BCUT2D eigenvalue weighted by Crippen LogP contribution is 2.35. The highest BCUT2D eigenvalue weighted by atomic mass is 16.7. The molecular weight excluding hydrogens is 464 g/mol. The number of nitriles is 1. The highest BCUT2D eigenvalue weighted by molar-refractivity contribution is 5.88. The largest absolute Gasteiger partial charge is 0.510 e. The van der Waals surface area contributed by atoms with Gasteiger partial charge in [-0.1, -0.05) is 49.6 Å². The Morgan fingerprint density at radius 1 is 0.944 bits per heavy atom. The van der Waals surface area contributed by atoms with Gasteiger partial charge in [-0.2, -0.15) is 5.26 Å². The normalized spacial score (nSPS) is 17.0. The van der Waals surface area contributed by atoms with E-state index >= 15 is 0 Å². The number of carbonyl (C=O) groups is 3. The van der Waals surface area contributed by atoms with Crippen molar-refractivity contribution in [1.82, 2.24) is 5.32 Å². The standard InChI is InChI=1S/C27H38N2O7/c1-25(2,3)34-22(30)27(18-28,36-24(32)33-17-19-13-9-7-10-14-19)21(20-15-11-8-12-16-20)29-23(31)35-26(4,5)6/h7,9-10,13-14,20-21H,8,11-12,15-17H2,1-6H3,(H,29,31)/t21-,27-/m1/s1. The lowest BCUT2D eigenvalue weighted by Crippen LogP contribution is -2.63. The van der Waals surface area contributed by atoms with Gasteiger partial charge in [0.2, 0.25) is 0 Å². The van der Waals surface area contributed by atoms with Gasteiger partial charge >= 0.3 is 23.8 Å². The van der Waals surface area contributed by atoms with Gasteiger partial charge < -0.3 is 24.3 Å². The van der Waals surface area contributed by atoms with Crippen LogP contribution >= 0.6 is 0 Å². The molecule has 1 aromatic rings. The zero-order valence-electron chi connectivity index (χ0n) is 22.1. The van der Waals surface area contributed by atoms with Crippen molar-refractivity contribution >= 4 is 18.2 Å². The van der Waals surface area contributed by atoms with Crippen molar-refractivity contribution in [3.05, 3.63) is 35.9 Å². The maximum atomic E-state index is 13.5. The van der Waals surface area contributed by atoms with Crippen LogP contribution in [0.15, 0.2) is 30.3 Å². The van der Waals surface area contributed by atoms with Gasteiger partial charge in [-0.15, -0.1) is 0 Å². The molecule has 0 spiro atoms. The average Bonchev–Trinajstić information content (AvgIpc) is 2.79. The van der Waals surface area contributed by atoms with Crippen LogP contribution < -0.4 is 5.32 Å². The minimum atomic E-state index is -2.49. The number of hydrogen-bond acceptors (Lipinski definition) is 8. The first-order chi connectivity index (χ1) is 16.8. The SMILES string of the molecule is CC(C)(C)OC(=O)N[C@H](C1CCCCC1)[C@@](C#N)(OC(=O)OCc1ccccc1)C(=O)OC(C)(C)C. The Balaban J connectivity index is 2.43. The fourth-order valence-corrected chi connectivity index (χ4v) is 4.05. The molecule has 1 saturated carbocycles. The van der Waals surface area contributed by atoms with E-state index in [4.69, 9.17) is 18.9 Å². The number of hydrogen-bond donors (Lipinski definition) is 1. The van der Waals surface area contributed by atoms with Gasteiger partial charge in [-0.3, -0.25) is 0 Å². The molecule has 2 atom stereocenters. The second-order valence-corrected chi connectivity index (χ2v) is 11.0. The van der Waals surface area contributed by atoms with E-state index in [9.17, 15) is 19.6 Å². The van der Waals surface area contributed by atoms with E-state index in [0.717, 1.165) is 19.3 Å². The number of ether oxygens (including phenoxy) is 4. The van der Waals surface area contributed by atoms with Crippen molar-refractivity contribution < 1.29 is 33.3 Å². The molecule has 1 fully saturated rings. The molecule has 0 heterocycles. The Kier molecular flexibility index (Phi) is 9.74. The fourth-order valence-electron chi connectivity index (χ4n) is 4.05. The van der Waals surface area contributed by atoms with Gasteiger partial charge in [-0.05, 0) is 65.9 Å². The Labute approximate surface area is 213 Å². The summed E-state index contributed by atoms with van der Waals surface area (Å²) in [7, 11) is 0. The Bertz CT molecular complexity index is 938. The lowest BCUT2D eigenvalue weighted by molar-refractivity contribution is -0.178. The summed E-state index contributed by atoms with van der Waals surface area (Å²) in [5.74, 6) is -1.42. The summed E-state index contributed by atoms with van der Waals surface area (Å²) in [6.07, 6.45) is 1.85. The van der Waals surface area contributed by atoms with Crippen molar-refractivity contribution in [3.8, 4) is 6.07 Å². The number of nitrogens with zero attached hydrogens (tertiary/aromatic N) is 1. The third kappa shape index (κ3) is 8.74. The second kappa shape index (κ2) is 12.1. The van der Waals surface area contributed by atoms with Crippen molar-refractivity contribution in [1.29, 1.82) is 5.26 Å². The summed E-state index contributed by atoms with van der Waals surface area (Å²) in [5.41, 5.74) is -3.60.